The topological polar surface area (TPSA) is 61.8 Å². The molecule has 2 heterocycles. The molecule has 6 nitrogen and oxygen atoms in total. The maximum atomic E-state index is 5.91. The van der Waals surface area contributed by atoms with Gasteiger partial charge < -0.3 is 24.3 Å². The fourth-order valence-corrected chi connectivity index (χ4v) is 3.15. The van der Waals surface area contributed by atoms with Crippen molar-refractivity contribution in [2.75, 3.05) is 13.9 Å². The second-order valence-corrected chi connectivity index (χ2v) is 6.84. The van der Waals surface area contributed by atoms with Crippen molar-refractivity contribution in [1.82, 2.24) is 10.3 Å². The molecule has 4 rings (SSSR count). The minimum atomic E-state index is 0.165. The highest BCUT2D eigenvalue weighted by Crippen LogP contribution is 2.34. The summed E-state index contributed by atoms with van der Waals surface area (Å²) in [5.74, 6) is 3.03. The number of benzene rings is 2. The summed E-state index contributed by atoms with van der Waals surface area (Å²) in [5.41, 5.74) is 3.33. The van der Waals surface area contributed by atoms with E-state index in [-0.39, 0.29) is 12.8 Å². The maximum absolute atomic E-state index is 5.91. The van der Waals surface area contributed by atoms with Gasteiger partial charge in [0.05, 0.1) is 7.11 Å². The highest BCUT2D eigenvalue weighted by atomic mass is 16.7. The molecule has 1 aromatic heterocycles. The summed E-state index contributed by atoms with van der Waals surface area (Å²) in [4.78, 5) is 4.02. The van der Waals surface area contributed by atoms with Gasteiger partial charge in [0.15, 0.2) is 23.0 Å². The standard InChI is InChI=1S/C23H24N2O4/c1-16(19-4-6-21-23(12-19)29-15-28-21)25-13-18-3-5-20(22(11-18)26-2)27-14-17-7-9-24-10-8-17/h3-12,16,25H,13-15H2,1-2H3. The molecule has 1 aliphatic rings. The SMILES string of the molecule is COc1cc(CNC(C)c2ccc3c(c2)OCO3)ccc1OCc1ccncc1. The molecule has 0 aliphatic carbocycles. The van der Waals surface area contributed by atoms with Crippen LogP contribution in [0, 0.1) is 0 Å². The Kier molecular flexibility index (Phi) is 5.81. The Bertz CT molecular complexity index is 962. The Morgan fingerprint density at radius 2 is 1.79 bits per heavy atom. The smallest absolute Gasteiger partial charge is 0.231 e. The highest BCUT2D eigenvalue weighted by molar-refractivity contribution is 5.45. The molecule has 0 bridgehead atoms. The molecule has 0 fully saturated rings. The van der Waals surface area contributed by atoms with Crippen LogP contribution in [0.4, 0.5) is 0 Å². The van der Waals surface area contributed by atoms with Crippen LogP contribution in [0.2, 0.25) is 0 Å². The van der Waals surface area contributed by atoms with Crippen molar-refractivity contribution in [1.29, 1.82) is 0 Å². The van der Waals surface area contributed by atoms with Crippen molar-refractivity contribution in [2.45, 2.75) is 26.1 Å². The Labute approximate surface area is 170 Å². The molecule has 0 radical (unpaired) electrons. The van der Waals surface area contributed by atoms with Gasteiger partial charge in [-0.25, -0.2) is 0 Å². The van der Waals surface area contributed by atoms with Crippen molar-refractivity contribution in [3.63, 3.8) is 0 Å². The van der Waals surface area contributed by atoms with Gasteiger partial charge in [-0.3, -0.25) is 4.98 Å². The Morgan fingerprint density at radius 3 is 2.62 bits per heavy atom. The van der Waals surface area contributed by atoms with Gasteiger partial charge in [-0.2, -0.15) is 0 Å². The third kappa shape index (κ3) is 4.60. The van der Waals surface area contributed by atoms with Crippen molar-refractivity contribution in [3.8, 4) is 23.0 Å². The number of ether oxygens (including phenoxy) is 4. The average Bonchev–Trinajstić information content (AvgIpc) is 3.25. The van der Waals surface area contributed by atoms with Crippen LogP contribution in [0.5, 0.6) is 23.0 Å². The van der Waals surface area contributed by atoms with Crippen LogP contribution in [-0.2, 0) is 13.2 Å². The van der Waals surface area contributed by atoms with Gasteiger partial charge in [-0.1, -0.05) is 12.1 Å². The number of fused-ring (bicyclic) bond motifs is 1. The lowest BCUT2D eigenvalue weighted by atomic mass is 10.1. The summed E-state index contributed by atoms with van der Waals surface area (Å²) in [7, 11) is 1.65. The molecule has 3 aromatic rings. The van der Waals surface area contributed by atoms with Gasteiger partial charge in [-0.05, 0) is 60.0 Å². The lowest BCUT2D eigenvalue weighted by Crippen LogP contribution is -2.18. The van der Waals surface area contributed by atoms with Gasteiger partial charge in [0.25, 0.3) is 0 Å². The number of rotatable bonds is 8. The molecule has 1 N–H and O–H groups in total. The Morgan fingerprint density at radius 1 is 0.966 bits per heavy atom. The van der Waals surface area contributed by atoms with E-state index in [2.05, 4.69) is 23.3 Å². The molecule has 1 atom stereocenters. The zero-order chi connectivity index (χ0) is 20.1. The molecule has 0 amide bonds. The monoisotopic (exact) mass is 392 g/mol. The third-order valence-electron chi connectivity index (χ3n) is 4.88. The lowest BCUT2D eigenvalue weighted by molar-refractivity contribution is 0.174. The van der Waals surface area contributed by atoms with Gasteiger partial charge in [0.1, 0.15) is 6.61 Å². The number of nitrogens with one attached hydrogen (secondary N) is 1. The van der Waals surface area contributed by atoms with E-state index in [9.17, 15) is 0 Å². The molecule has 150 valence electrons. The van der Waals surface area contributed by atoms with Crippen LogP contribution >= 0.6 is 0 Å². The number of aromatic nitrogens is 1. The van der Waals surface area contributed by atoms with Crippen molar-refractivity contribution < 1.29 is 18.9 Å². The summed E-state index contributed by atoms with van der Waals surface area (Å²) in [6.45, 7) is 3.59. The molecule has 29 heavy (non-hydrogen) atoms. The molecule has 6 heteroatoms. The number of hydrogen-bond donors (Lipinski definition) is 1. The zero-order valence-corrected chi connectivity index (χ0v) is 16.6. The van der Waals surface area contributed by atoms with Crippen molar-refractivity contribution >= 4 is 0 Å². The molecule has 0 spiro atoms. The molecule has 1 aliphatic heterocycles. The van der Waals surface area contributed by atoms with Crippen molar-refractivity contribution in [2.24, 2.45) is 0 Å². The van der Waals surface area contributed by atoms with E-state index < -0.39 is 0 Å². The summed E-state index contributed by atoms with van der Waals surface area (Å²) in [6.07, 6.45) is 3.51. The van der Waals surface area contributed by atoms with E-state index in [0.29, 0.717) is 18.9 Å². The first-order valence-electron chi connectivity index (χ1n) is 9.54. The van der Waals surface area contributed by atoms with E-state index in [1.165, 1.54) is 0 Å². The van der Waals surface area contributed by atoms with E-state index in [4.69, 9.17) is 18.9 Å². The molecule has 1 unspecified atom stereocenters. The lowest BCUT2D eigenvalue weighted by Gasteiger charge is -2.16. The molecular formula is C23H24N2O4. The predicted octanol–water partition coefficient (Wildman–Crippen LogP) is 4.25. The largest absolute Gasteiger partial charge is 0.493 e. The molecule has 0 saturated heterocycles. The van der Waals surface area contributed by atoms with E-state index in [0.717, 1.165) is 33.9 Å². The molecule has 0 saturated carbocycles. The zero-order valence-electron chi connectivity index (χ0n) is 16.6. The second-order valence-electron chi connectivity index (χ2n) is 6.84. The number of pyridine rings is 1. The Hall–Kier alpha value is -3.25. The number of hydrogen-bond acceptors (Lipinski definition) is 6. The predicted molar refractivity (Wildman–Crippen MR) is 109 cm³/mol. The van der Waals surface area contributed by atoms with Crippen LogP contribution in [-0.4, -0.2) is 18.9 Å². The number of methoxy groups -OCH3 is 1. The van der Waals surface area contributed by atoms with E-state index in [1.54, 1.807) is 19.5 Å². The quantitative estimate of drug-likeness (QED) is 0.618. The Balaban J connectivity index is 1.37. The van der Waals surface area contributed by atoms with Gasteiger partial charge >= 0.3 is 0 Å². The van der Waals surface area contributed by atoms with Gasteiger partial charge in [-0.15, -0.1) is 0 Å². The first-order chi connectivity index (χ1) is 14.2. The van der Waals surface area contributed by atoms with Crippen LogP contribution in [0.15, 0.2) is 60.9 Å². The van der Waals surface area contributed by atoms with Gasteiger partial charge in [0, 0.05) is 25.0 Å². The first kappa shape index (κ1) is 19.1. The fourth-order valence-electron chi connectivity index (χ4n) is 3.15. The highest BCUT2D eigenvalue weighted by Gasteiger charge is 2.15. The maximum Gasteiger partial charge on any atom is 0.231 e. The fraction of sp³-hybridized carbons (Fsp3) is 0.261. The van der Waals surface area contributed by atoms with E-state index >= 15 is 0 Å². The van der Waals surface area contributed by atoms with Crippen LogP contribution < -0.4 is 24.3 Å². The summed E-state index contributed by atoms with van der Waals surface area (Å²) in [6, 6.07) is 16.1. The second kappa shape index (κ2) is 8.84. The summed E-state index contributed by atoms with van der Waals surface area (Å²) >= 11 is 0. The summed E-state index contributed by atoms with van der Waals surface area (Å²) < 4.78 is 22.3. The van der Waals surface area contributed by atoms with Crippen LogP contribution in [0.3, 0.4) is 0 Å². The molecule has 2 aromatic carbocycles. The summed E-state index contributed by atoms with van der Waals surface area (Å²) in [5, 5.41) is 3.54. The third-order valence-corrected chi connectivity index (χ3v) is 4.88. The normalized spacial score (nSPS) is 13.2. The minimum Gasteiger partial charge on any atom is -0.493 e. The van der Waals surface area contributed by atoms with E-state index in [1.807, 2.05) is 42.5 Å². The van der Waals surface area contributed by atoms with Crippen LogP contribution in [0.25, 0.3) is 0 Å². The van der Waals surface area contributed by atoms with Gasteiger partial charge in [0.2, 0.25) is 6.79 Å². The average molecular weight is 392 g/mol. The first-order valence-corrected chi connectivity index (χ1v) is 9.54. The van der Waals surface area contributed by atoms with Crippen LogP contribution in [0.1, 0.15) is 29.7 Å². The molecular weight excluding hydrogens is 368 g/mol. The van der Waals surface area contributed by atoms with Crippen molar-refractivity contribution in [3.05, 3.63) is 77.6 Å². The minimum absolute atomic E-state index is 0.165. The number of nitrogens with zero attached hydrogens (tertiary/aromatic N) is 1.